The van der Waals surface area contributed by atoms with E-state index in [1.807, 2.05) is 6.08 Å². The summed E-state index contributed by atoms with van der Waals surface area (Å²) in [6.45, 7) is 3.33. The monoisotopic (exact) mass is 792 g/mol. The number of ether oxygens (including phenoxy) is 2. The summed E-state index contributed by atoms with van der Waals surface area (Å²) in [5.41, 5.74) is 0. The predicted molar refractivity (Wildman–Crippen MR) is 213 cm³/mol. The van der Waals surface area contributed by atoms with Gasteiger partial charge in [0.05, 0.1) is 25.4 Å². The lowest BCUT2D eigenvalue weighted by atomic mass is 9.99. The van der Waals surface area contributed by atoms with Crippen LogP contribution in [0, 0.1) is 0 Å². The zero-order chi connectivity index (χ0) is 39.9. The number of aliphatic hydroxyl groups is 4. The minimum atomic E-state index is -5.08. The van der Waals surface area contributed by atoms with Gasteiger partial charge in [0.15, 0.2) is 6.29 Å². The Hall–Kier alpha value is -1.42. The maximum absolute atomic E-state index is 13.0. The van der Waals surface area contributed by atoms with Gasteiger partial charge in [0.25, 0.3) is 0 Å². The van der Waals surface area contributed by atoms with Gasteiger partial charge in [0.2, 0.25) is 5.91 Å². The Morgan fingerprint density at radius 1 is 0.722 bits per heavy atom. The lowest BCUT2D eigenvalue weighted by Gasteiger charge is -2.41. The van der Waals surface area contributed by atoms with E-state index in [2.05, 4.69) is 35.5 Å². The third kappa shape index (κ3) is 25.7. The fourth-order valence-electron chi connectivity index (χ4n) is 6.62. The van der Waals surface area contributed by atoms with Gasteiger partial charge in [-0.3, -0.25) is 9.35 Å². The van der Waals surface area contributed by atoms with Crippen LogP contribution in [0.2, 0.25) is 0 Å². The van der Waals surface area contributed by atoms with Gasteiger partial charge in [-0.05, 0) is 44.9 Å². The van der Waals surface area contributed by atoms with Gasteiger partial charge in [-0.15, -0.1) is 0 Å². The van der Waals surface area contributed by atoms with Gasteiger partial charge >= 0.3 is 10.4 Å². The number of nitrogens with one attached hydrogen (secondary N) is 1. The molecule has 54 heavy (non-hydrogen) atoms. The van der Waals surface area contributed by atoms with Gasteiger partial charge < -0.3 is 35.2 Å². The normalized spacial score (nSPS) is 21.9. The largest absolute Gasteiger partial charge is 0.397 e. The van der Waals surface area contributed by atoms with Crippen LogP contribution < -0.4 is 5.32 Å². The first kappa shape index (κ1) is 50.6. The van der Waals surface area contributed by atoms with Crippen molar-refractivity contribution >= 4 is 16.3 Å². The van der Waals surface area contributed by atoms with E-state index in [4.69, 9.17) is 14.0 Å². The van der Waals surface area contributed by atoms with Crippen LogP contribution in [0.15, 0.2) is 24.3 Å². The highest BCUT2D eigenvalue weighted by Gasteiger charge is 2.48. The average Bonchev–Trinajstić information content (AvgIpc) is 3.14. The van der Waals surface area contributed by atoms with E-state index in [0.717, 1.165) is 44.9 Å². The molecule has 1 saturated heterocycles. The molecule has 6 N–H and O–H groups in total. The molecule has 1 aliphatic heterocycles. The molecule has 1 amide bonds. The number of carbonyl (C=O) groups excluding carboxylic acids is 1. The second-order valence-electron chi connectivity index (χ2n) is 14.9. The number of aliphatic hydroxyl groups excluding tert-OH is 4. The van der Waals surface area contributed by atoms with Crippen LogP contribution in [-0.4, -0.2) is 95.4 Å². The second kappa shape index (κ2) is 32.6. The van der Waals surface area contributed by atoms with Gasteiger partial charge in [-0.2, -0.15) is 8.42 Å². The molecule has 318 valence electrons. The number of hydrogen-bond acceptors (Lipinski definition) is 10. The van der Waals surface area contributed by atoms with E-state index in [1.54, 1.807) is 6.08 Å². The van der Waals surface area contributed by atoms with Crippen LogP contribution >= 0.6 is 0 Å². The fourth-order valence-corrected chi connectivity index (χ4v) is 7.13. The summed E-state index contributed by atoms with van der Waals surface area (Å²) in [6.07, 6.45) is 26.5. The molecule has 1 fully saturated rings. The van der Waals surface area contributed by atoms with Crippen LogP contribution in [-0.2, 0) is 28.9 Å². The van der Waals surface area contributed by atoms with Gasteiger partial charge in [-0.25, -0.2) is 4.18 Å². The minimum Gasteiger partial charge on any atom is -0.394 e. The van der Waals surface area contributed by atoms with Crippen molar-refractivity contribution in [3.8, 4) is 0 Å². The summed E-state index contributed by atoms with van der Waals surface area (Å²) in [5, 5.41) is 44.5. The molecule has 7 atom stereocenters. The van der Waals surface area contributed by atoms with Crippen molar-refractivity contribution in [1.82, 2.24) is 5.32 Å². The molecule has 1 aliphatic rings. The maximum Gasteiger partial charge on any atom is 0.397 e. The van der Waals surface area contributed by atoms with Crippen molar-refractivity contribution in [3.63, 3.8) is 0 Å². The number of rotatable bonds is 35. The molecule has 13 heteroatoms. The zero-order valence-electron chi connectivity index (χ0n) is 33.5. The molecule has 0 aromatic heterocycles. The molecule has 1 heterocycles. The Labute approximate surface area is 327 Å². The van der Waals surface area contributed by atoms with Crippen LogP contribution in [0.3, 0.4) is 0 Å². The topological polar surface area (TPSA) is 192 Å². The van der Waals surface area contributed by atoms with E-state index in [-0.39, 0.29) is 18.9 Å². The van der Waals surface area contributed by atoms with Crippen LogP contribution in [0.25, 0.3) is 0 Å². The second-order valence-corrected chi connectivity index (χ2v) is 16.0. The Morgan fingerprint density at radius 3 is 1.67 bits per heavy atom. The number of unbranched alkanes of at least 4 members (excludes halogenated alkanes) is 21. The summed E-state index contributed by atoms with van der Waals surface area (Å²) in [7, 11) is -5.08. The molecule has 0 bridgehead atoms. The summed E-state index contributed by atoms with van der Waals surface area (Å²) in [6, 6.07) is -0.941. The Bertz CT molecular complexity index is 1070. The number of carbonyl (C=O) groups is 1. The third-order valence-electron chi connectivity index (χ3n) is 9.98. The molecule has 7 unspecified atom stereocenters. The Morgan fingerprint density at radius 2 is 1.19 bits per heavy atom. The summed E-state index contributed by atoms with van der Waals surface area (Å²) in [4.78, 5) is 13.0. The molecule has 0 saturated carbocycles. The standard InChI is InChI=1S/C41H77NO11S/c1-3-5-7-9-11-13-15-16-17-18-19-20-21-23-25-27-29-31-37(45)42-34(35(44)30-28-26-24-22-14-12-10-8-6-4-2)33-51-41-39(47)40(53-54(48,49)50)38(46)36(32-43)52-41/h16-17,28,30,34-36,38-41,43-44,46-47H,3-15,18-27,29,31-33H2,1-2H3,(H,42,45)(H,48,49,50)/b17-16-,30-28+. The lowest BCUT2D eigenvalue weighted by molar-refractivity contribution is -0.298. The zero-order valence-corrected chi connectivity index (χ0v) is 34.4. The smallest absolute Gasteiger partial charge is 0.394 e. The molecular formula is C41H77NO11S. The SMILES string of the molecule is CCCCCCCC/C=C\CCCCCCCCCC(=O)NC(COC1OC(CO)C(O)C(OS(=O)(=O)O)C1O)C(O)/C=C/CCCCCCCCCC. The van der Waals surface area contributed by atoms with E-state index in [0.29, 0.717) is 6.42 Å². The lowest BCUT2D eigenvalue weighted by Crippen LogP contribution is -2.61. The van der Waals surface area contributed by atoms with Gasteiger partial charge in [-0.1, -0.05) is 147 Å². The van der Waals surface area contributed by atoms with Crippen molar-refractivity contribution in [3.05, 3.63) is 24.3 Å². The fraction of sp³-hybridized carbons (Fsp3) is 0.878. The molecule has 1 rings (SSSR count). The van der Waals surface area contributed by atoms with E-state index >= 15 is 0 Å². The Balaban J connectivity index is 2.54. The van der Waals surface area contributed by atoms with Crippen LogP contribution in [0.5, 0.6) is 0 Å². The van der Waals surface area contributed by atoms with E-state index in [9.17, 15) is 33.6 Å². The van der Waals surface area contributed by atoms with Gasteiger partial charge in [0.1, 0.15) is 24.4 Å². The molecule has 0 radical (unpaired) electrons. The summed E-state index contributed by atoms with van der Waals surface area (Å²) in [5.74, 6) is -0.270. The molecule has 0 spiro atoms. The highest BCUT2D eigenvalue weighted by Crippen LogP contribution is 2.26. The molecule has 0 aromatic carbocycles. The maximum atomic E-state index is 13.0. The Kier molecular flexibility index (Phi) is 30.6. The highest BCUT2D eigenvalue weighted by atomic mass is 32.3. The van der Waals surface area contributed by atoms with Gasteiger partial charge in [0, 0.05) is 6.42 Å². The molecular weight excluding hydrogens is 715 g/mol. The van der Waals surface area contributed by atoms with E-state index in [1.165, 1.54) is 103 Å². The molecule has 12 nitrogen and oxygen atoms in total. The highest BCUT2D eigenvalue weighted by molar-refractivity contribution is 7.80. The van der Waals surface area contributed by atoms with Crippen molar-refractivity contribution in [2.45, 2.75) is 217 Å². The average molecular weight is 792 g/mol. The van der Waals surface area contributed by atoms with Crippen LogP contribution in [0.1, 0.15) is 174 Å². The van der Waals surface area contributed by atoms with Crippen molar-refractivity contribution in [1.29, 1.82) is 0 Å². The number of amides is 1. The minimum absolute atomic E-state index is 0.264. The van der Waals surface area contributed by atoms with Crippen LogP contribution in [0.4, 0.5) is 0 Å². The first-order valence-electron chi connectivity index (χ1n) is 21.2. The van der Waals surface area contributed by atoms with Crippen molar-refractivity contribution < 1.29 is 51.8 Å². The number of hydrogen-bond donors (Lipinski definition) is 6. The van der Waals surface area contributed by atoms with Crippen molar-refractivity contribution in [2.75, 3.05) is 13.2 Å². The predicted octanol–water partition coefficient (Wildman–Crippen LogP) is 7.38. The van der Waals surface area contributed by atoms with Crippen molar-refractivity contribution in [2.24, 2.45) is 0 Å². The first-order valence-corrected chi connectivity index (χ1v) is 22.6. The third-order valence-corrected chi connectivity index (χ3v) is 10.4. The molecule has 0 aliphatic carbocycles. The summed E-state index contributed by atoms with van der Waals surface area (Å²) < 4.78 is 47.4. The summed E-state index contributed by atoms with van der Waals surface area (Å²) >= 11 is 0. The van der Waals surface area contributed by atoms with E-state index < -0.39 is 59.9 Å². The quantitative estimate of drug-likeness (QED) is 0.0213. The first-order chi connectivity index (χ1) is 26.0. The number of allylic oxidation sites excluding steroid dienone is 3. The molecule has 0 aromatic rings.